The van der Waals surface area contributed by atoms with Gasteiger partial charge in [0.1, 0.15) is 11.6 Å². The van der Waals surface area contributed by atoms with E-state index in [9.17, 15) is 14.9 Å². The van der Waals surface area contributed by atoms with E-state index in [1.165, 1.54) is 6.08 Å². The maximum Gasteiger partial charge on any atom is 0.340 e. The zero-order valence-electron chi connectivity index (χ0n) is 14.1. The molecule has 0 aliphatic carbocycles. The van der Waals surface area contributed by atoms with Gasteiger partial charge in [-0.15, -0.1) is 0 Å². The lowest BCUT2D eigenvalue weighted by molar-refractivity contribution is 0.0525. The number of carbonyl (C=O) groups excluding carboxylic acids is 2. The van der Waals surface area contributed by atoms with Crippen molar-refractivity contribution in [3.8, 4) is 6.07 Å². The second-order valence-corrected chi connectivity index (χ2v) is 5.83. The summed E-state index contributed by atoms with van der Waals surface area (Å²) in [6.07, 6.45) is 1.48. The maximum absolute atomic E-state index is 12.7. The summed E-state index contributed by atoms with van der Waals surface area (Å²) in [6.45, 7) is 5.29. The number of benzene rings is 1. The molecule has 2 aromatic rings. The number of halogens is 1. The van der Waals surface area contributed by atoms with Crippen LogP contribution in [0, 0.1) is 25.2 Å². The third kappa shape index (κ3) is 3.98. The monoisotopic (exact) mass is 356 g/mol. The van der Waals surface area contributed by atoms with Crippen LogP contribution in [-0.2, 0) is 4.74 Å². The van der Waals surface area contributed by atoms with Crippen molar-refractivity contribution in [2.45, 2.75) is 20.8 Å². The van der Waals surface area contributed by atoms with E-state index in [-0.39, 0.29) is 17.9 Å². The number of nitriles is 1. The van der Waals surface area contributed by atoms with Crippen molar-refractivity contribution in [2.75, 3.05) is 6.61 Å². The quantitative estimate of drug-likeness (QED) is 0.375. The lowest BCUT2D eigenvalue weighted by Crippen LogP contribution is -2.08. The van der Waals surface area contributed by atoms with Gasteiger partial charge in [-0.1, -0.05) is 23.7 Å². The number of H-pyrrole nitrogens is 1. The molecule has 0 saturated carbocycles. The molecule has 0 bridgehead atoms. The highest BCUT2D eigenvalue weighted by atomic mass is 35.5. The summed E-state index contributed by atoms with van der Waals surface area (Å²) in [5, 5.41) is 9.93. The fourth-order valence-electron chi connectivity index (χ4n) is 2.50. The standard InChI is InChI=1S/C19H17ClN2O3/c1-4-25-19(24)16-11(2)17(22-12(16)3)18(23)14(10-21)9-13-5-7-15(20)8-6-13/h5-9,22H,4H2,1-3H3/b14-9+. The summed E-state index contributed by atoms with van der Waals surface area (Å²) in [5.74, 6) is -0.971. The summed E-state index contributed by atoms with van der Waals surface area (Å²) < 4.78 is 5.01. The van der Waals surface area contributed by atoms with Crippen LogP contribution in [0.4, 0.5) is 0 Å². The Morgan fingerprint density at radius 1 is 1.28 bits per heavy atom. The van der Waals surface area contributed by atoms with Crippen LogP contribution in [0.1, 0.15) is 44.6 Å². The Hall–Kier alpha value is -2.84. The molecule has 0 radical (unpaired) electrons. The number of carbonyl (C=O) groups is 2. The van der Waals surface area contributed by atoms with E-state index in [0.29, 0.717) is 27.4 Å². The molecule has 0 unspecified atom stereocenters. The SMILES string of the molecule is CCOC(=O)c1c(C)[nH]c(C(=O)/C(C#N)=C/c2ccc(Cl)cc2)c1C. The molecule has 6 heteroatoms. The molecule has 25 heavy (non-hydrogen) atoms. The maximum atomic E-state index is 12.7. The van der Waals surface area contributed by atoms with Crippen molar-refractivity contribution in [1.82, 2.24) is 4.98 Å². The molecule has 0 spiro atoms. The molecule has 0 saturated heterocycles. The number of aromatic nitrogens is 1. The van der Waals surface area contributed by atoms with Gasteiger partial charge in [-0.3, -0.25) is 4.79 Å². The van der Waals surface area contributed by atoms with Gasteiger partial charge in [-0.05, 0) is 50.1 Å². The first-order valence-electron chi connectivity index (χ1n) is 7.67. The van der Waals surface area contributed by atoms with E-state index in [2.05, 4.69) is 4.98 Å². The second-order valence-electron chi connectivity index (χ2n) is 5.40. The molecule has 1 aromatic carbocycles. The summed E-state index contributed by atoms with van der Waals surface area (Å²) in [7, 11) is 0. The Labute approximate surface area is 150 Å². The minimum Gasteiger partial charge on any atom is -0.462 e. The topological polar surface area (TPSA) is 83.0 Å². The summed E-state index contributed by atoms with van der Waals surface area (Å²) in [5.41, 5.74) is 2.18. The number of esters is 1. The number of aromatic amines is 1. The summed E-state index contributed by atoms with van der Waals surface area (Å²) in [4.78, 5) is 27.7. The van der Waals surface area contributed by atoms with E-state index in [4.69, 9.17) is 16.3 Å². The molecule has 1 aromatic heterocycles. The number of nitrogens with one attached hydrogen (secondary N) is 1. The molecule has 0 fully saturated rings. The Balaban J connectivity index is 2.42. The Morgan fingerprint density at radius 3 is 2.48 bits per heavy atom. The molecular formula is C19H17ClN2O3. The summed E-state index contributed by atoms with van der Waals surface area (Å²) >= 11 is 5.84. The fourth-order valence-corrected chi connectivity index (χ4v) is 2.62. The van der Waals surface area contributed by atoms with E-state index >= 15 is 0 Å². The van der Waals surface area contributed by atoms with Gasteiger partial charge in [0.15, 0.2) is 0 Å². The van der Waals surface area contributed by atoms with Crippen LogP contribution < -0.4 is 0 Å². The number of rotatable bonds is 5. The molecule has 0 aliphatic rings. The third-order valence-electron chi connectivity index (χ3n) is 3.69. The van der Waals surface area contributed by atoms with Gasteiger partial charge in [0.25, 0.3) is 0 Å². The number of ether oxygens (including phenoxy) is 1. The number of hydrogen-bond acceptors (Lipinski definition) is 4. The van der Waals surface area contributed by atoms with Crippen LogP contribution in [0.25, 0.3) is 6.08 Å². The van der Waals surface area contributed by atoms with Crippen molar-refractivity contribution in [3.63, 3.8) is 0 Å². The number of hydrogen-bond donors (Lipinski definition) is 1. The van der Waals surface area contributed by atoms with Crippen molar-refractivity contribution < 1.29 is 14.3 Å². The van der Waals surface area contributed by atoms with Crippen LogP contribution in [0.15, 0.2) is 29.8 Å². The number of Topliss-reactive ketones (excluding diaryl/α,β-unsaturated/α-hetero) is 1. The van der Waals surface area contributed by atoms with Gasteiger partial charge in [-0.25, -0.2) is 4.79 Å². The lowest BCUT2D eigenvalue weighted by atomic mass is 10.0. The smallest absolute Gasteiger partial charge is 0.340 e. The van der Waals surface area contributed by atoms with Crippen molar-refractivity contribution in [3.05, 3.63) is 62.9 Å². The molecule has 1 N–H and O–H groups in total. The zero-order valence-corrected chi connectivity index (χ0v) is 14.9. The van der Waals surface area contributed by atoms with Gasteiger partial charge < -0.3 is 9.72 Å². The number of allylic oxidation sites excluding steroid dienone is 1. The first-order chi connectivity index (χ1) is 11.9. The zero-order chi connectivity index (χ0) is 18.6. The van der Waals surface area contributed by atoms with Gasteiger partial charge in [0, 0.05) is 10.7 Å². The molecule has 1 heterocycles. The van der Waals surface area contributed by atoms with Crippen LogP contribution >= 0.6 is 11.6 Å². The van der Waals surface area contributed by atoms with Crippen molar-refractivity contribution in [1.29, 1.82) is 5.26 Å². The highest BCUT2D eigenvalue weighted by Gasteiger charge is 2.24. The molecular weight excluding hydrogens is 340 g/mol. The average molecular weight is 357 g/mol. The second kappa shape index (κ2) is 7.82. The first kappa shape index (κ1) is 18.5. The van der Waals surface area contributed by atoms with Gasteiger partial charge in [-0.2, -0.15) is 5.26 Å². The number of nitrogens with zero attached hydrogens (tertiary/aromatic N) is 1. The van der Waals surface area contributed by atoms with Crippen molar-refractivity contribution >= 4 is 29.4 Å². The first-order valence-corrected chi connectivity index (χ1v) is 8.05. The van der Waals surface area contributed by atoms with Crippen LogP contribution in [0.2, 0.25) is 5.02 Å². The minimum absolute atomic E-state index is 0.0397. The normalized spacial score (nSPS) is 11.1. The van der Waals surface area contributed by atoms with E-state index in [1.54, 1.807) is 45.0 Å². The predicted molar refractivity (Wildman–Crippen MR) is 95.6 cm³/mol. The minimum atomic E-state index is -0.493. The molecule has 0 atom stereocenters. The Morgan fingerprint density at radius 2 is 1.92 bits per heavy atom. The van der Waals surface area contributed by atoms with Crippen LogP contribution in [-0.4, -0.2) is 23.3 Å². The highest BCUT2D eigenvalue weighted by molar-refractivity contribution is 6.30. The lowest BCUT2D eigenvalue weighted by Gasteiger charge is -2.02. The van der Waals surface area contributed by atoms with Gasteiger partial charge in [0.05, 0.1) is 17.9 Å². The largest absolute Gasteiger partial charge is 0.462 e. The highest BCUT2D eigenvalue weighted by Crippen LogP contribution is 2.22. The average Bonchev–Trinajstić information content (AvgIpc) is 2.88. The van der Waals surface area contributed by atoms with Gasteiger partial charge >= 0.3 is 5.97 Å². The molecule has 5 nitrogen and oxygen atoms in total. The van der Waals surface area contributed by atoms with E-state index < -0.39 is 11.8 Å². The molecule has 2 rings (SSSR count). The van der Waals surface area contributed by atoms with E-state index in [1.807, 2.05) is 6.07 Å². The summed E-state index contributed by atoms with van der Waals surface area (Å²) in [6, 6.07) is 8.69. The van der Waals surface area contributed by atoms with Crippen molar-refractivity contribution in [2.24, 2.45) is 0 Å². The number of aryl methyl sites for hydroxylation is 1. The van der Waals surface area contributed by atoms with E-state index in [0.717, 1.165) is 0 Å². The Bertz CT molecular complexity index is 887. The fraction of sp³-hybridized carbons (Fsp3) is 0.211. The van der Waals surface area contributed by atoms with Gasteiger partial charge in [0.2, 0.25) is 5.78 Å². The van der Waals surface area contributed by atoms with Crippen LogP contribution in [0.5, 0.6) is 0 Å². The molecule has 0 amide bonds. The molecule has 0 aliphatic heterocycles. The van der Waals surface area contributed by atoms with Crippen LogP contribution in [0.3, 0.4) is 0 Å². The number of ketones is 1. The Kier molecular flexibility index (Phi) is 5.79. The third-order valence-corrected chi connectivity index (χ3v) is 3.94. The predicted octanol–water partition coefficient (Wildman–Crippen LogP) is 4.25. The molecule has 128 valence electrons.